The molecule has 0 fully saturated rings. The van der Waals surface area contributed by atoms with Crippen LogP contribution in [0.2, 0.25) is 0 Å². The summed E-state index contributed by atoms with van der Waals surface area (Å²) in [6.45, 7) is 3.60. The predicted octanol–water partition coefficient (Wildman–Crippen LogP) is 1.15. The van der Waals surface area contributed by atoms with Crippen LogP contribution in [0.3, 0.4) is 0 Å². The van der Waals surface area contributed by atoms with Crippen LogP contribution in [0.15, 0.2) is 6.33 Å². The van der Waals surface area contributed by atoms with Gasteiger partial charge in [-0.25, -0.2) is 4.98 Å². The molecule has 1 aromatic heterocycles. The average Bonchev–Trinajstić information content (AvgIpc) is 2.34. The van der Waals surface area contributed by atoms with E-state index in [4.69, 9.17) is 4.74 Å². The van der Waals surface area contributed by atoms with E-state index in [1.807, 2.05) is 25.9 Å². The molecule has 0 aliphatic rings. The summed E-state index contributed by atoms with van der Waals surface area (Å²) in [7, 11) is 3.91. The average molecular weight is 269 g/mol. The molecule has 0 spiro atoms. The number of ether oxygens (including phenoxy) is 1. The maximum atomic E-state index is 11.1. The topological polar surface area (TPSA) is 93.4 Å². The number of aromatic nitrogens is 2. The minimum atomic E-state index is -0.528. The van der Waals surface area contributed by atoms with Gasteiger partial charge in [0, 0.05) is 13.1 Å². The van der Waals surface area contributed by atoms with Crippen molar-refractivity contribution < 1.29 is 9.66 Å². The minimum absolute atomic E-state index is 0.00899. The van der Waals surface area contributed by atoms with Gasteiger partial charge < -0.3 is 15.0 Å². The second kappa shape index (κ2) is 7.47. The molecule has 0 aliphatic carbocycles. The van der Waals surface area contributed by atoms with Gasteiger partial charge in [0.15, 0.2) is 0 Å². The highest BCUT2D eigenvalue weighted by atomic mass is 16.6. The van der Waals surface area contributed by atoms with Gasteiger partial charge in [-0.05, 0) is 27.4 Å². The van der Waals surface area contributed by atoms with Crippen molar-refractivity contribution in [1.29, 1.82) is 0 Å². The lowest BCUT2D eigenvalue weighted by Gasteiger charge is -2.10. The Labute approximate surface area is 112 Å². The molecule has 0 aliphatic heterocycles. The van der Waals surface area contributed by atoms with Crippen LogP contribution in [-0.2, 0) is 0 Å². The summed E-state index contributed by atoms with van der Waals surface area (Å²) in [4.78, 5) is 20.2. The van der Waals surface area contributed by atoms with E-state index in [1.165, 1.54) is 6.33 Å². The number of nitrogens with one attached hydrogen (secondary N) is 1. The van der Waals surface area contributed by atoms with E-state index in [2.05, 4.69) is 15.3 Å². The smallest absolute Gasteiger partial charge is 0.372 e. The molecule has 0 atom stereocenters. The van der Waals surface area contributed by atoms with Gasteiger partial charge in [-0.2, -0.15) is 4.98 Å². The summed E-state index contributed by atoms with van der Waals surface area (Å²) in [6.07, 6.45) is 2.02. The monoisotopic (exact) mass is 269 g/mol. The van der Waals surface area contributed by atoms with Gasteiger partial charge in [-0.1, -0.05) is 0 Å². The summed E-state index contributed by atoms with van der Waals surface area (Å²) in [5.41, 5.74) is -0.214. The van der Waals surface area contributed by atoms with Crippen LogP contribution >= 0.6 is 0 Å². The summed E-state index contributed by atoms with van der Waals surface area (Å²) in [5, 5.41) is 13.9. The molecular formula is C11H19N5O3. The van der Waals surface area contributed by atoms with Crippen LogP contribution in [0, 0.1) is 10.1 Å². The Hall–Kier alpha value is -1.96. The zero-order chi connectivity index (χ0) is 14.3. The van der Waals surface area contributed by atoms with Gasteiger partial charge in [0.1, 0.15) is 6.33 Å². The van der Waals surface area contributed by atoms with E-state index in [9.17, 15) is 10.1 Å². The lowest BCUT2D eigenvalue weighted by Crippen LogP contribution is -2.16. The molecule has 1 aromatic rings. The van der Waals surface area contributed by atoms with E-state index in [0.29, 0.717) is 13.2 Å². The van der Waals surface area contributed by atoms with Crippen molar-refractivity contribution in [2.75, 3.05) is 39.1 Å². The van der Waals surface area contributed by atoms with Crippen molar-refractivity contribution in [2.24, 2.45) is 0 Å². The molecule has 8 heteroatoms. The van der Waals surface area contributed by atoms with Crippen LogP contribution in [0.25, 0.3) is 0 Å². The molecule has 1 heterocycles. The quantitative estimate of drug-likeness (QED) is 0.429. The largest absolute Gasteiger partial charge is 0.473 e. The molecule has 0 amide bonds. The van der Waals surface area contributed by atoms with Crippen molar-refractivity contribution in [3.63, 3.8) is 0 Å². The molecule has 0 unspecified atom stereocenters. The first-order valence-corrected chi connectivity index (χ1v) is 6.07. The molecular weight excluding hydrogens is 250 g/mol. The van der Waals surface area contributed by atoms with Crippen LogP contribution in [-0.4, -0.2) is 53.6 Å². The van der Waals surface area contributed by atoms with Crippen molar-refractivity contribution in [2.45, 2.75) is 13.3 Å². The Morgan fingerprint density at radius 3 is 2.79 bits per heavy atom. The van der Waals surface area contributed by atoms with E-state index >= 15 is 0 Å². The summed E-state index contributed by atoms with van der Waals surface area (Å²) >= 11 is 0. The van der Waals surface area contributed by atoms with Gasteiger partial charge in [0.25, 0.3) is 5.88 Å². The Bertz CT molecular complexity index is 425. The molecule has 0 aromatic carbocycles. The number of hydrogen-bond donors (Lipinski definition) is 1. The van der Waals surface area contributed by atoms with Crippen molar-refractivity contribution in [3.8, 4) is 5.88 Å². The maximum Gasteiger partial charge on any atom is 0.372 e. The van der Waals surface area contributed by atoms with E-state index in [0.717, 1.165) is 13.0 Å². The fourth-order valence-corrected chi connectivity index (χ4v) is 1.48. The highest BCUT2D eigenvalue weighted by Crippen LogP contribution is 2.30. The van der Waals surface area contributed by atoms with Gasteiger partial charge in [0.05, 0.1) is 11.5 Å². The number of anilines is 1. The Kier molecular flexibility index (Phi) is 5.94. The molecule has 8 nitrogen and oxygen atoms in total. The minimum Gasteiger partial charge on any atom is -0.473 e. The zero-order valence-corrected chi connectivity index (χ0v) is 11.4. The van der Waals surface area contributed by atoms with Crippen molar-refractivity contribution in [3.05, 3.63) is 16.4 Å². The third kappa shape index (κ3) is 4.66. The standard InChI is InChI=1S/C11H19N5O3/c1-4-12-10-9(16(17)18)11(14-8-13-10)19-7-5-6-15(2)3/h8H,4-7H2,1-3H3,(H,12,13,14). The fraction of sp³-hybridized carbons (Fsp3) is 0.636. The first-order valence-electron chi connectivity index (χ1n) is 6.07. The Morgan fingerprint density at radius 2 is 2.21 bits per heavy atom. The number of nitro groups is 1. The molecule has 106 valence electrons. The van der Waals surface area contributed by atoms with Crippen LogP contribution in [0.5, 0.6) is 5.88 Å². The Balaban J connectivity index is 2.76. The first kappa shape index (κ1) is 15.1. The molecule has 0 saturated heterocycles. The van der Waals surface area contributed by atoms with Crippen molar-refractivity contribution >= 4 is 11.5 Å². The summed E-state index contributed by atoms with van der Waals surface area (Å²) in [5.74, 6) is 0.194. The SMILES string of the molecule is CCNc1ncnc(OCCCN(C)C)c1[N+](=O)[O-]. The van der Waals surface area contributed by atoms with Crippen LogP contribution < -0.4 is 10.1 Å². The van der Waals surface area contributed by atoms with Gasteiger partial charge in [0.2, 0.25) is 5.82 Å². The first-order chi connectivity index (χ1) is 9.06. The molecule has 1 rings (SSSR count). The van der Waals surface area contributed by atoms with Gasteiger partial charge in [-0.3, -0.25) is 10.1 Å². The normalized spacial score (nSPS) is 10.5. The lowest BCUT2D eigenvalue weighted by atomic mass is 10.4. The van der Waals surface area contributed by atoms with Gasteiger partial charge in [-0.15, -0.1) is 0 Å². The molecule has 1 N–H and O–H groups in total. The number of nitrogens with zero attached hydrogens (tertiary/aromatic N) is 4. The highest BCUT2D eigenvalue weighted by Gasteiger charge is 2.23. The van der Waals surface area contributed by atoms with Crippen LogP contribution in [0.4, 0.5) is 11.5 Å². The van der Waals surface area contributed by atoms with E-state index in [1.54, 1.807) is 0 Å². The van der Waals surface area contributed by atoms with Crippen molar-refractivity contribution in [1.82, 2.24) is 14.9 Å². The predicted molar refractivity (Wildman–Crippen MR) is 71.5 cm³/mol. The number of rotatable bonds is 8. The molecule has 0 bridgehead atoms. The van der Waals surface area contributed by atoms with E-state index < -0.39 is 4.92 Å². The fourth-order valence-electron chi connectivity index (χ4n) is 1.48. The molecule has 0 saturated carbocycles. The van der Waals surface area contributed by atoms with Gasteiger partial charge >= 0.3 is 5.69 Å². The maximum absolute atomic E-state index is 11.1. The highest BCUT2D eigenvalue weighted by molar-refractivity contribution is 5.60. The third-order valence-electron chi connectivity index (χ3n) is 2.30. The zero-order valence-electron chi connectivity index (χ0n) is 11.4. The summed E-state index contributed by atoms with van der Waals surface area (Å²) in [6, 6.07) is 0. The Morgan fingerprint density at radius 1 is 1.47 bits per heavy atom. The third-order valence-corrected chi connectivity index (χ3v) is 2.30. The second-order valence-corrected chi connectivity index (χ2v) is 4.17. The molecule has 0 radical (unpaired) electrons. The molecule has 19 heavy (non-hydrogen) atoms. The second-order valence-electron chi connectivity index (χ2n) is 4.17. The van der Waals surface area contributed by atoms with Crippen LogP contribution in [0.1, 0.15) is 13.3 Å². The van der Waals surface area contributed by atoms with E-state index in [-0.39, 0.29) is 17.4 Å². The number of hydrogen-bond acceptors (Lipinski definition) is 7. The lowest BCUT2D eigenvalue weighted by molar-refractivity contribution is -0.385. The summed E-state index contributed by atoms with van der Waals surface area (Å²) < 4.78 is 5.38.